The predicted molar refractivity (Wildman–Crippen MR) is 209 cm³/mol. The molecular weight excluding hydrogens is 657 g/mol. The number of imidazole rings is 1. The summed E-state index contributed by atoms with van der Waals surface area (Å²) < 4.78 is 9.42. The van der Waals surface area contributed by atoms with E-state index in [2.05, 4.69) is 128 Å². The van der Waals surface area contributed by atoms with Crippen LogP contribution in [-0.4, -0.2) is 42.3 Å². The zero-order valence-corrected chi connectivity index (χ0v) is 30.3. The maximum absolute atomic E-state index is 13.2. The molecule has 0 bridgehead atoms. The van der Waals surface area contributed by atoms with Crippen LogP contribution in [0.15, 0.2) is 146 Å². The predicted octanol–water partition coefficient (Wildman–Crippen LogP) is 9.25. The number of aryl methyl sites for hydroxylation is 1. The van der Waals surface area contributed by atoms with E-state index < -0.39 is 5.54 Å². The second-order valence-corrected chi connectivity index (χ2v) is 13.0. The number of allylic oxidation sites excluding steroid dienone is 1. The minimum atomic E-state index is -0.875. The van der Waals surface area contributed by atoms with Gasteiger partial charge in [-0.25, -0.2) is 14.5 Å². The normalized spacial score (nSPS) is 11.4. The molecule has 0 spiro atoms. The van der Waals surface area contributed by atoms with Gasteiger partial charge >= 0.3 is 5.97 Å². The van der Waals surface area contributed by atoms with Crippen LogP contribution in [0, 0.1) is 0 Å². The lowest BCUT2D eigenvalue weighted by atomic mass is 9.77. The van der Waals surface area contributed by atoms with Crippen molar-refractivity contribution in [2.45, 2.75) is 45.7 Å². The highest BCUT2D eigenvalue weighted by atomic mass is 16.5. The third-order valence-electron chi connectivity index (χ3n) is 9.53. The summed E-state index contributed by atoms with van der Waals surface area (Å²) in [6.45, 7) is 10.6. The Morgan fingerprint density at radius 3 is 1.81 bits per heavy atom. The first-order valence-electron chi connectivity index (χ1n) is 18.0. The smallest absolute Gasteiger partial charge is 0.357 e. The molecular formula is C45H42N6O2. The summed E-state index contributed by atoms with van der Waals surface area (Å²) in [5.41, 5.74) is 7.92. The van der Waals surface area contributed by atoms with E-state index in [9.17, 15) is 4.79 Å². The Morgan fingerprint density at radius 1 is 0.736 bits per heavy atom. The van der Waals surface area contributed by atoms with Crippen molar-refractivity contribution < 1.29 is 9.53 Å². The molecule has 0 unspecified atom stereocenters. The van der Waals surface area contributed by atoms with E-state index in [0.29, 0.717) is 23.8 Å². The first-order chi connectivity index (χ1) is 26.0. The lowest BCUT2D eigenvalue weighted by Gasteiger charge is -2.36. The lowest BCUT2D eigenvalue weighted by Crippen LogP contribution is -2.39. The molecule has 7 rings (SSSR count). The Kier molecular flexibility index (Phi) is 10.2. The van der Waals surface area contributed by atoms with Gasteiger partial charge in [-0.2, -0.15) is 0 Å². The van der Waals surface area contributed by atoms with Crippen molar-refractivity contribution in [2.75, 3.05) is 6.61 Å². The number of hydrogen-bond acceptors (Lipinski definition) is 6. The van der Waals surface area contributed by atoms with Gasteiger partial charge in [0.25, 0.3) is 0 Å². The number of carbonyl (C=O) groups excluding carboxylic acids is 1. The Morgan fingerprint density at radius 2 is 1.28 bits per heavy atom. The number of esters is 1. The summed E-state index contributed by atoms with van der Waals surface area (Å²) in [5.74, 6) is 1.09. The van der Waals surface area contributed by atoms with Crippen molar-refractivity contribution in [3.63, 3.8) is 0 Å². The minimum absolute atomic E-state index is 0.281. The Hall–Kier alpha value is -6.41. The molecule has 0 radical (unpaired) electrons. The molecule has 0 aliphatic carbocycles. The Labute approximate surface area is 310 Å². The van der Waals surface area contributed by atoms with E-state index in [4.69, 9.17) is 20.0 Å². The van der Waals surface area contributed by atoms with Gasteiger partial charge in [0, 0.05) is 18.5 Å². The molecule has 0 atom stereocenters. The van der Waals surface area contributed by atoms with Gasteiger partial charge in [0.2, 0.25) is 0 Å². The van der Waals surface area contributed by atoms with Crippen molar-refractivity contribution >= 4 is 11.5 Å². The Balaban J connectivity index is 1.33. The number of ether oxygens (including phenoxy) is 1. The summed E-state index contributed by atoms with van der Waals surface area (Å²) in [7, 11) is 0. The first-order valence-corrected chi connectivity index (χ1v) is 18.0. The number of hydrogen-bond donors (Lipinski definition) is 0. The number of aromatic nitrogens is 6. The van der Waals surface area contributed by atoms with Gasteiger partial charge in [0.15, 0.2) is 11.5 Å². The molecule has 8 nitrogen and oxygen atoms in total. The molecule has 0 saturated heterocycles. The molecule has 0 aliphatic rings. The average molecular weight is 699 g/mol. The van der Waals surface area contributed by atoms with E-state index in [1.807, 2.05) is 53.4 Å². The first kappa shape index (κ1) is 35.0. The highest BCUT2D eigenvalue weighted by molar-refractivity contribution is 5.93. The number of rotatable bonds is 13. The maximum atomic E-state index is 13.2. The van der Waals surface area contributed by atoms with Crippen LogP contribution < -0.4 is 0 Å². The Bertz CT molecular complexity index is 2230. The van der Waals surface area contributed by atoms with E-state index in [-0.39, 0.29) is 12.6 Å². The van der Waals surface area contributed by atoms with Crippen molar-refractivity contribution in [3.8, 4) is 22.5 Å². The molecule has 53 heavy (non-hydrogen) atoms. The number of benzene rings is 5. The van der Waals surface area contributed by atoms with Gasteiger partial charge in [0.1, 0.15) is 11.4 Å². The highest BCUT2D eigenvalue weighted by Crippen LogP contribution is 2.43. The van der Waals surface area contributed by atoms with Crippen LogP contribution in [-0.2, 0) is 23.2 Å². The molecule has 0 amide bonds. The maximum Gasteiger partial charge on any atom is 0.357 e. The quantitative estimate of drug-likeness (QED) is 0.0882. The molecule has 5 aromatic carbocycles. The van der Waals surface area contributed by atoms with Crippen LogP contribution in [0.1, 0.15) is 71.5 Å². The topological polar surface area (TPSA) is 87.7 Å². The van der Waals surface area contributed by atoms with Gasteiger partial charge < -0.3 is 9.30 Å². The average Bonchev–Trinajstić information content (AvgIpc) is 3.83. The SMILES string of the molecule is C=C(C)c1nc(CCC)n(Cc2ccc(-c3ccccc3-c3nnnn3C(c3ccccc3)(c3ccccc3)c3ccccc3)cc2)c1C(=O)OCC. The summed E-state index contributed by atoms with van der Waals surface area (Å²) in [5, 5.41) is 13.8. The lowest BCUT2D eigenvalue weighted by molar-refractivity contribution is 0.0513. The number of tetrazole rings is 1. The highest BCUT2D eigenvalue weighted by Gasteiger charge is 2.42. The van der Waals surface area contributed by atoms with E-state index in [1.165, 1.54) is 0 Å². The number of carbonyl (C=O) groups is 1. The van der Waals surface area contributed by atoms with Crippen molar-refractivity contribution in [3.05, 3.63) is 186 Å². The molecule has 8 heteroatoms. The minimum Gasteiger partial charge on any atom is -0.461 e. The van der Waals surface area contributed by atoms with Crippen LogP contribution in [0.4, 0.5) is 0 Å². The van der Waals surface area contributed by atoms with E-state index in [0.717, 1.165) is 63.2 Å². The molecule has 7 aromatic rings. The van der Waals surface area contributed by atoms with E-state index >= 15 is 0 Å². The van der Waals surface area contributed by atoms with Gasteiger partial charge in [0.05, 0.1) is 12.3 Å². The van der Waals surface area contributed by atoms with Crippen LogP contribution in [0.3, 0.4) is 0 Å². The summed E-state index contributed by atoms with van der Waals surface area (Å²) in [4.78, 5) is 18.1. The van der Waals surface area contributed by atoms with Crippen molar-refractivity contribution in [1.29, 1.82) is 0 Å². The molecule has 0 saturated carbocycles. The molecule has 264 valence electrons. The van der Waals surface area contributed by atoms with Crippen LogP contribution in [0.5, 0.6) is 0 Å². The second-order valence-electron chi connectivity index (χ2n) is 13.0. The summed E-state index contributed by atoms with van der Waals surface area (Å²) in [6.07, 6.45) is 1.63. The van der Waals surface area contributed by atoms with Crippen LogP contribution in [0.25, 0.3) is 28.1 Å². The van der Waals surface area contributed by atoms with E-state index in [1.54, 1.807) is 0 Å². The van der Waals surface area contributed by atoms with Crippen LogP contribution in [0.2, 0.25) is 0 Å². The molecule has 0 N–H and O–H groups in total. The standard InChI is InChI=1S/C45H42N6O2/c1-5-18-40-46-41(32(3)4)42(44(52)53-6-2)50(40)31-33-27-29-34(30-28-33)38-25-16-17-26-39(38)43-47-48-49-51(43)45(35-19-10-7-11-20-35,36-21-12-8-13-22-36)37-23-14-9-15-24-37/h7-17,19-30H,3,5-6,18,31H2,1-2,4H3. The van der Waals surface area contributed by atoms with Crippen molar-refractivity contribution in [1.82, 2.24) is 29.8 Å². The zero-order chi connectivity index (χ0) is 36.8. The summed E-state index contributed by atoms with van der Waals surface area (Å²) in [6, 6.07) is 47.9. The van der Waals surface area contributed by atoms with Gasteiger partial charge in [-0.3, -0.25) is 0 Å². The molecule has 2 aromatic heterocycles. The van der Waals surface area contributed by atoms with Gasteiger partial charge in [-0.15, -0.1) is 5.10 Å². The largest absolute Gasteiger partial charge is 0.461 e. The van der Waals surface area contributed by atoms with Crippen molar-refractivity contribution in [2.24, 2.45) is 0 Å². The fourth-order valence-corrected chi connectivity index (χ4v) is 7.18. The second kappa shape index (κ2) is 15.5. The molecule has 0 aliphatic heterocycles. The van der Waals surface area contributed by atoms with Gasteiger partial charge in [-0.1, -0.05) is 153 Å². The summed E-state index contributed by atoms with van der Waals surface area (Å²) >= 11 is 0. The molecule has 0 fully saturated rings. The third kappa shape index (κ3) is 6.60. The number of nitrogens with zero attached hydrogens (tertiary/aromatic N) is 6. The monoisotopic (exact) mass is 698 g/mol. The van der Waals surface area contributed by atoms with Gasteiger partial charge in [-0.05, 0) is 69.6 Å². The fraction of sp³-hybridized carbons (Fsp3) is 0.178. The van der Waals surface area contributed by atoms with Crippen LogP contribution >= 0.6 is 0 Å². The third-order valence-corrected chi connectivity index (χ3v) is 9.53. The zero-order valence-electron chi connectivity index (χ0n) is 30.3. The fourth-order valence-electron chi connectivity index (χ4n) is 7.18. The molecule has 2 heterocycles.